The molecule has 18 heavy (non-hydrogen) atoms. The average molecular weight is 253 g/mol. The lowest BCUT2D eigenvalue weighted by Crippen LogP contribution is -2.43. The first-order valence-electron chi connectivity index (χ1n) is 7.25. The summed E-state index contributed by atoms with van der Waals surface area (Å²) in [5, 5.41) is 3.35. The van der Waals surface area contributed by atoms with Gasteiger partial charge in [0.05, 0.1) is 6.04 Å². The molecule has 4 heteroatoms. The molecule has 1 saturated heterocycles. The molecule has 4 nitrogen and oxygen atoms in total. The van der Waals surface area contributed by atoms with E-state index in [0.29, 0.717) is 24.0 Å². The van der Waals surface area contributed by atoms with Gasteiger partial charge in [-0.15, -0.1) is 0 Å². The highest BCUT2D eigenvalue weighted by Gasteiger charge is 2.40. The number of carbonyl (C=O) groups is 1. The van der Waals surface area contributed by atoms with Gasteiger partial charge in [-0.05, 0) is 38.6 Å². The van der Waals surface area contributed by atoms with Gasteiger partial charge in [0.2, 0.25) is 0 Å². The molecule has 0 aromatic heterocycles. The van der Waals surface area contributed by atoms with Crippen molar-refractivity contribution in [3.8, 4) is 0 Å². The predicted octanol–water partition coefficient (Wildman–Crippen LogP) is 1.91. The lowest BCUT2D eigenvalue weighted by atomic mass is 9.90. The van der Waals surface area contributed by atoms with Gasteiger partial charge in [-0.3, -0.25) is 0 Å². The SMILES string of the molecule is CNC1CCC(N2CC(C(C)C)N(C)C2=O)CC1. The molecule has 1 N–H and O–H groups in total. The quantitative estimate of drug-likeness (QED) is 0.834. The van der Waals surface area contributed by atoms with Crippen LogP contribution in [0.2, 0.25) is 0 Å². The first kappa shape index (κ1) is 13.7. The van der Waals surface area contributed by atoms with Crippen molar-refractivity contribution in [3.63, 3.8) is 0 Å². The number of urea groups is 1. The van der Waals surface area contributed by atoms with Gasteiger partial charge in [-0.2, -0.15) is 0 Å². The summed E-state index contributed by atoms with van der Waals surface area (Å²) in [6.07, 6.45) is 4.69. The van der Waals surface area contributed by atoms with E-state index in [4.69, 9.17) is 0 Å². The Labute approximate surface area is 111 Å². The molecule has 104 valence electrons. The van der Waals surface area contributed by atoms with Crippen molar-refractivity contribution in [2.24, 2.45) is 5.92 Å². The van der Waals surface area contributed by atoms with Gasteiger partial charge in [0.1, 0.15) is 0 Å². The summed E-state index contributed by atoms with van der Waals surface area (Å²) in [6, 6.07) is 1.74. The minimum atomic E-state index is 0.238. The van der Waals surface area contributed by atoms with Gasteiger partial charge in [-0.25, -0.2) is 4.79 Å². The Balaban J connectivity index is 1.96. The smallest absolute Gasteiger partial charge is 0.320 e. The molecule has 1 unspecified atom stereocenters. The van der Waals surface area contributed by atoms with Gasteiger partial charge in [-0.1, -0.05) is 13.8 Å². The second-order valence-electron chi connectivity index (χ2n) is 6.15. The van der Waals surface area contributed by atoms with Crippen molar-refractivity contribution in [3.05, 3.63) is 0 Å². The Morgan fingerprint density at radius 1 is 1.22 bits per heavy atom. The lowest BCUT2D eigenvalue weighted by molar-refractivity contribution is 0.161. The Morgan fingerprint density at radius 3 is 2.28 bits per heavy atom. The number of carbonyl (C=O) groups excluding carboxylic acids is 1. The van der Waals surface area contributed by atoms with Crippen LogP contribution in [-0.4, -0.2) is 54.6 Å². The fourth-order valence-corrected chi connectivity index (χ4v) is 3.39. The maximum Gasteiger partial charge on any atom is 0.320 e. The molecule has 1 aliphatic heterocycles. The van der Waals surface area contributed by atoms with Crippen molar-refractivity contribution in [2.45, 2.75) is 57.7 Å². The molecule has 2 aliphatic rings. The first-order valence-corrected chi connectivity index (χ1v) is 7.25. The molecule has 0 bridgehead atoms. The van der Waals surface area contributed by atoms with E-state index in [0.717, 1.165) is 19.4 Å². The molecule has 0 aromatic carbocycles. The summed E-state index contributed by atoms with van der Waals surface area (Å²) in [4.78, 5) is 16.4. The number of nitrogens with zero attached hydrogens (tertiary/aromatic N) is 2. The zero-order chi connectivity index (χ0) is 13.3. The van der Waals surface area contributed by atoms with Gasteiger partial charge in [0.25, 0.3) is 0 Å². The number of amides is 2. The molecule has 2 fully saturated rings. The molecular weight excluding hydrogens is 226 g/mol. The van der Waals surface area contributed by atoms with Crippen LogP contribution >= 0.6 is 0 Å². The summed E-state index contributed by atoms with van der Waals surface area (Å²) in [5.41, 5.74) is 0. The molecule has 0 radical (unpaired) electrons. The minimum absolute atomic E-state index is 0.238. The van der Waals surface area contributed by atoms with E-state index in [1.807, 2.05) is 19.0 Å². The van der Waals surface area contributed by atoms with E-state index in [-0.39, 0.29) is 6.03 Å². The first-order chi connectivity index (χ1) is 8.54. The van der Waals surface area contributed by atoms with Crippen LogP contribution in [0.15, 0.2) is 0 Å². The van der Waals surface area contributed by atoms with E-state index < -0.39 is 0 Å². The molecule has 0 spiro atoms. The summed E-state index contributed by atoms with van der Waals surface area (Å²) in [6.45, 7) is 5.33. The Morgan fingerprint density at radius 2 is 1.83 bits per heavy atom. The van der Waals surface area contributed by atoms with Crippen molar-refractivity contribution >= 4 is 6.03 Å². The maximum atomic E-state index is 12.3. The van der Waals surface area contributed by atoms with Crippen LogP contribution in [0.4, 0.5) is 4.79 Å². The highest BCUT2D eigenvalue weighted by atomic mass is 16.2. The van der Waals surface area contributed by atoms with Crippen LogP contribution in [0.5, 0.6) is 0 Å². The number of likely N-dealkylation sites (N-methyl/N-ethyl adjacent to an activating group) is 1. The van der Waals surface area contributed by atoms with Crippen molar-refractivity contribution in [1.82, 2.24) is 15.1 Å². The van der Waals surface area contributed by atoms with Crippen molar-refractivity contribution in [1.29, 1.82) is 0 Å². The monoisotopic (exact) mass is 253 g/mol. The molecule has 2 amide bonds. The highest BCUT2D eigenvalue weighted by molar-refractivity contribution is 5.77. The van der Waals surface area contributed by atoms with E-state index >= 15 is 0 Å². The van der Waals surface area contributed by atoms with Crippen molar-refractivity contribution < 1.29 is 4.79 Å². The third kappa shape index (κ3) is 2.48. The molecule has 1 atom stereocenters. The number of rotatable bonds is 3. The van der Waals surface area contributed by atoms with Crippen LogP contribution in [0.1, 0.15) is 39.5 Å². The average Bonchev–Trinajstić information content (AvgIpc) is 2.67. The van der Waals surface area contributed by atoms with E-state index in [9.17, 15) is 4.79 Å². The second kappa shape index (κ2) is 5.47. The third-order valence-corrected chi connectivity index (χ3v) is 4.74. The summed E-state index contributed by atoms with van der Waals surface area (Å²) in [7, 11) is 3.99. The summed E-state index contributed by atoms with van der Waals surface area (Å²) >= 11 is 0. The fraction of sp³-hybridized carbons (Fsp3) is 0.929. The third-order valence-electron chi connectivity index (χ3n) is 4.74. The van der Waals surface area contributed by atoms with Crippen LogP contribution < -0.4 is 5.32 Å². The van der Waals surface area contributed by atoms with E-state index in [1.165, 1.54) is 12.8 Å². The molecule has 0 aromatic rings. The Hall–Kier alpha value is -0.770. The maximum absolute atomic E-state index is 12.3. The van der Waals surface area contributed by atoms with E-state index in [1.54, 1.807) is 0 Å². The topological polar surface area (TPSA) is 35.6 Å². The standard InChI is InChI=1S/C14H27N3O/c1-10(2)13-9-17(14(18)16(13)4)12-7-5-11(15-3)6-8-12/h10-13,15H,5-9H2,1-4H3. The zero-order valence-corrected chi connectivity index (χ0v) is 12.1. The number of hydrogen-bond acceptors (Lipinski definition) is 2. The zero-order valence-electron chi connectivity index (χ0n) is 12.1. The van der Waals surface area contributed by atoms with Crippen LogP contribution in [0.3, 0.4) is 0 Å². The number of nitrogens with one attached hydrogen (secondary N) is 1. The van der Waals surface area contributed by atoms with Crippen LogP contribution in [0, 0.1) is 5.92 Å². The fourth-order valence-electron chi connectivity index (χ4n) is 3.39. The Kier molecular flexibility index (Phi) is 4.15. The van der Waals surface area contributed by atoms with E-state index in [2.05, 4.69) is 24.1 Å². The van der Waals surface area contributed by atoms with Crippen molar-refractivity contribution in [2.75, 3.05) is 20.6 Å². The molecule has 1 aliphatic carbocycles. The van der Waals surface area contributed by atoms with Gasteiger partial charge in [0.15, 0.2) is 0 Å². The lowest BCUT2D eigenvalue weighted by Gasteiger charge is -2.34. The molecule has 1 saturated carbocycles. The van der Waals surface area contributed by atoms with Gasteiger partial charge in [0, 0.05) is 25.7 Å². The second-order valence-corrected chi connectivity index (χ2v) is 6.15. The largest absolute Gasteiger partial charge is 0.323 e. The van der Waals surface area contributed by atoms with Crippen LogP contribution in [-0.2, 0) is 0 Å². The minimum Gasteiger partial charge on any atom is -0.323 e. The number of hydrogen-bond donors (Lipinski definition) is 1. The summed E-state index contributed by atoms with van der Waals surface area (Å²) < 4.78 is 0. The molecule has 2 rings (SSSR count). The molecule has 1 heterocycles. The van der Waals surface area contributed by atoms with Crippen LogP contribution in [0.25, 0.3) is 0 Å². The predicted molar refractivity (Wildman–Crippen MR) is 73.6 cm³/mol. The van der Waals surface area contributed by atoms with Gasteiger partial charge >= 0.3 is 6.03 Å². The highest BCUT2D eigenvalue weighted by Crippen LogP contribution is 2.29. The Bertz CT molecular complexity index is 297. The molecular formula is C14H27N3O. The summed E-state index contributed by atoms with van der Waals surface area (Å²) in [5.74, 6) is 0.539. The van der Waals surface area contributed by atoms with Gasteiger partial charge < -0.3 is 15.1 Å². The normalized spacial score (nSPS) is 33.6.